The van der Waals surface area contributed by atoms with Crippen LogP contribution in [0.1, 0.15) is 12.5 Å². The molecule has 0 amide bonds. The number of allylic oxidation sites excluding steroid dienone is 1. The van der Waals surface area contributed by atoms with Gasteiger partial charge in [-0.15, -0.1) is 11.8 Å². The Hall–Kier alpha value is -0.450. The van der Waals surface area contributed by atoms with Gasteiger partial charge in [-0.3, -0.25) is 0 Å². The Bertz CT molecular complexity index is 486. The molecule has 4 heteroatoms. The van der Waals surface area contributed by atoms with Gasteiger partial charge < -0.3 is 4.90 Å². The van der Waals surface area contributed by atoms with Crippen molar-refractivity contribution >= 4 is 47.0 Å². The van der Waals surface area contributed by atoms with Crippen LogP contribution in [-0.4, -0.2) is 20.4 Å². The van der Waals surface area contributed by atoms with Crippen molar-refractivity contribution in [3.63, 3.8) is 0 Å². The predicted octanol–water partition coefficient (Wildman–Crippen LogP) is 5.08. The number of thioether (sulfide) groups is 3. The highest BCUT2D eigenvalue weighted by molar-refractivity contribution is 8.35. The second-order valence-corrected chi connectivity index (χ2v) is 7.84. The molecule has 0 spiro atoms. The molecule has 0 N–H and O–H groups in total. The fourth-order valence-corrected chi connectivity index (χ4v) is 5.19. The molecule has 0 saturated carbocycles. The third kappa shape index (κ3) is 3.31. The van der Waals surface area contributed by atoms with Crippen LogP contribution >= 0.6 is 35.3 Å². The number of rotatable bonds is 3. The Morgan fingerprint density at radius 3 is 2.28 bits per heavy atom. The van der Waals surface area contributed by atoms with E-state index in [4.69, 9.17) is 0 Å². The van der Waals surface area contributed by atoms with Crippen LogP contribution in [0.25, 0.3) is 6.08 Å². The summed E-state index contributed by atoms with van der Waals surface area (Å²) >= 11 is 5.59. The van der Waals surface area contributed by atoms with Crippen LogP contribution in [0.3, 0.4) is 0 Å². The molecule has 0 saturated heterocycles. The van der Waals surface area contributed by atoms with Crippen molar-refractivity contribution in [2.45, 2.75) is 6.92 Å². The van der Waals surface area contributed by atoms with Crippen LogP contribution < -0.4 is 4.90 Å². The van der Waals surface area contributed by atoms with Gasteiger partial charge in [0.15, 0.2) is 0 Å². The highest BCUT2D eigenvalue weighted by atomic mass is 32.2. The van der Waals surface area contributed by atoms with Crippen LogP contribution in [0, 0.1) is 0 Å². The third-order valence-electron chi connectivity index (χ3n) is 2.61. The summed E-state index contributed by atoms with van der Waals surface area (Å²) in [6.45, 7) is 2.19. The highest BCUT2D eigenvalue weighted by Gasteiger charge is 2.16. The lowest BCUT2D eigenvalue weighted by molar-refractivity contribution is 1.13. The second-order valence-electron chi connectivity index (χ2n) is 4.20. The molecule has 1 aromatic rings. The fourth-order valence-electron chi connectivity index (χ4n) is 1.63. The highest BCUT2D eigenvalue weighted by Crippen LogP contribution is 2.53. The third-order valence-corrected chi connectivity index (χ3v) is 6.44. The van der Waals surface area contributed by atoms with Crippen molar-refractivity contribution in [1.82, 2.24) is 0 Å². The summed E-state index contributed by atoms with van der Waals surface area (Å²) in [6.07, 6.45) is 4.41. The van der Waals surface area contributed by atoms with Crippen LogP contribution in [-0.2, 0) is 0 Å². The molecular formula is C14H17NS3. The van der Waals surface area contributed by atoms with Gasteiger partial charge in [0, 0.05) is 24.7 Å². The molecule has 0 aromatic heterocycles. The molecule has 1 aliphatic heterocycles. The van der Waals surface area contributed by atoms with E-state index in [1.54, 1.807) is 0 Å². The normalized spacial score (nSPS) is 17.7. The zero-order valence-electron chi connectivity index (χ0n) is 11.1. The van der Waals surface area contributed by atoms with E-state index in [0.717, 1.165) is 0 Å². The lowest BCUT2D eigenvalue weighted by atomic mass is 10.2. The molecule has 1 heterocycles. The molecule has 0 fully saturated rings. The zero-order chi connectivity index (χ0) is 13.1. The minimum Gasteiger partial charge on any atom is -0.378 e. The lowest BCUT2D eigenvalue weighted by Crippen LogP contribution is -2.07. The van der Waals surface area contributed by atoms with Crippen molar-refractivity contribution in [3.8, 4) is 0 Å². The van der Waals surface area contributed by atoms with Gasteiger partial charge in [-0.2, -0.15) is 0 Å². The lowest BCUT2D eigenvalue weighted by Gasteiger charge is -2.11. The average molecular weight is 295 g/mol. The van der Waals surface area contributed by atoms with E-state index < -0.39 is 0 Å². The standard InChI is InChI=1S/C14H17NS3/c1-10-14(16-4)18-13(17-10)9-11-5-7-12(8-6-11)15(2)3/h5-9H,1-4H3/b13-9-. The maximum absolute atomic E-state index is 2.27. The first-order valence-corrected chi connectivity index (χ1v) is 8.55. The summed E-state index contributed by atoms with van der Waals surface area (Å²) < 4.78 is 2.80. The molecule has 0 radical (unpaired) electrons. The van der Waals surface area contributed by atoms with E-state index in [1.807, 2.05) is 35.3 Å². The van der Waals surface area contributed by atoms with Gasteiger partial charge in [0.1, 0.15) is 0 Å². The second kappa shape index (κ2) is 6.13. The maximum Gasteiger partial charge on any atom is 0.0548 e. The molecule has 1 nitrogen and oxygen atoms in total. The van der Waals surface area contributed by atoms with Gasteiger partial charge in [-0.1, -0.05) is 35.7 Å². The molecule has 18 heavy (non-hydrogen) atoms. The molecule has 0 bridgehead atoms. The summed E-state index contributed by atoms with van der Waals surface area (Å²) in [5.41, 5.74) is 2.51. The fraction of sp³-hybridized carbons (Fsp3) is 0.286. The topological polar surface area (TPSA) is 3.24 Å². The molecule has 96 valence electrons. The quantitative estimate of drug-likeness (QED) is 0.764. The first-order valence-electron chi connectivity index (χ1n) is 5.70. The molecule has 0 aliphatic carbocycles. The van der Waals surface area contributed by atoms with Gasteiger partial charge >= 0.3 is 0 Å². The minimum atomic E-state index is 1.24. The first kappa shape index (κ1) is 14.0. The van der Waals surface area contributed by atoms with Gasteiger partial charge in [-0.25, -0.2) is 0 Å². The van der Waals surface area contributed by atoms with Crippen molar-refractivity contribution in [1.29, 1.82) is 0 Å². The average Bonchev–Trinajstić information content (AvgIpc) is 2.70. The number of hydrogen-bond donors (Lipinski definition) is 0. The van der Waals surface area contributed by atoms with Crippen LogP contribution in [0.4, 0.5) is 5.69 Å². The van der Waals surface area contributed by atoms with E-state index >= 15 is 0 Å². The Morgan fingerprint density at radius 2 is 1.78 bits per heavy atom. The maximum atomic E-state index is 2.27. The molecular weight excluding hydrogens is 278 g/mol. The van der Waals surface area contributed by atoms with Gasteiger partial charge in [0.2, 0.25) is 0 Å². The van der Waals surface area contributed by atoms with Gasteiger partial charge in [0.05, 0.1) is 8.47 Å². The van der Waals surface area contributed by atoms with Crippen LogP contribution in [0.5, 0.6) is 0 Å². The monoisotopic (exact) mass is 295 g/mol. The van der Waals surface area contributed by atoms with Gasteiger partial charge in [-0.05, 0) is 37.0 Å². The van der Waals surface area contributed by atoms with E-state index in [2.05, 4.69) is 62.5 Å². The van der Waals surface area contributed by atoms with E-state index in [0.29, 0.717) is 0 Å². The molecule has 0 atom stereocenters. The summed E-state index contributed by atoms with van der Waals surface area (Å²) in [7, 11) is 4.13. The predicted molar refractivity (Wildman–Crippen MR) is 90.1 cm³/mol. The van der Waals surface area contributed by atoms with Gasteiger partial charge in [0.25, 0.3) is 0 Å². The molecule has 2 rings (SSSR count). The van der Waals surface area contributed by atoms with Crippen LogP contribution in [0.2, 0.25) is 0 Å². The smallest absolute Gasteiger partial charge is 0.0548 e. The number of nitrogens with zero attached hydrogens (tertiary/aromatic N) is 1. The summed E-state index contributed by atoms with van der Waals surface area (Å²) in [4.78, 5) is 3.54. The summed E-state index contributed by atoms with van der Waals surface area (Å²) in [5, 5.41) is 0. The Balaban J connectivity index is 2.11. The van der Waals surface area contributed by atoms with E-state index in [1.165, 1.54) is 24.6 Å². The molecule has 1 aliphatic rings. The zero-order valence-corrected chi connectivity index (χ0v) is 13.5. The minimum absolute atomic E-state index is 1.24. The first-order chi connectivity index (χ1) is 8.60. The van der Waals surface area contributed by atoms with Crippen molar-refractivity contribution in [3.05, 3.63) is 43.2 Å². The molecule has 1 aromatic carbocycles. The summed E-state index contributed by atoms with van der Waals surface area (Å²) in [5.74, 6) is 0. The van der Waals surface area contributed by atoms with E-state index in [-0.39, 0.29) is 0 Å². The van der Waals surface area contributed by atoms with E-state index in [9.17, 15) is 0 Å². The molecule has 0 unspecified atom stereocenters. The SMILES string of the molecule is CSC1=C(C)S/C(=C/c2ccc(N(C)C)cc2)S1. The Morgan fingerprint density at radius 1 is 1.11 bits per heavy atom. The number of benzene rings is 1. The Labute approximate surface area is 122 Å². The Kier molecular flexibility index (Phi) is 4.76. The van der Waals surface area contributed by atoms with Crippen LogP contribution in [0.15, 0.2) is 37.6 Å². The van der Waals surface area contributed by atoms with Crippen molar-refractivity contribution in [2.75, 3.05) is 25.3 Å². The van der Waals surface area contributed by atoms with Crippen molar-refractivity contribution in [2.24, 2.45) is 0 Å². The summed E-state index contributed by atoms with van der Waals surface area (Å²) in [6, 6.07) is 8.67. The number of anilines is 1. The number of hydrogen-bond acceptors (Lipinski definition) is 4. The van der Waals surface area contributed by atoms with Crippen molar-refractivity contribution < 1.29 is 0 Å². The largest absolute Gasteiger partial charge is 0.378 e.